The minimum absolute atomic E-state index is 0.0202. The topological polar surface area (TPSA) is 71.9 Å². The van der Waals surface area contributed by atoms with Crippen LogP contribution in [-0.2, 0) is 9.84 Å². The van der Waals surface area contributed by atoms with Gasteiger partial charge in [-0.3, -0.25) is 4.57 Å². The number of H-pyrrole nitrogens is 1. The number of fused-ring (bicyclic) bond motifs is 1. The lowest BCUT2D eigenvalue weighted by atomic mass is 10.2. The number of aromatic nitrogens is 2. The first-order valence-electron chi connectivity index (χ1n) is 6.06. The van der Waals surface area contributed by atoms with E-state index in [0.717, 1.165) is 0 Å². The van der Waals surface area contributed by atoms with Gasteiger partial charge in [0.15, 0.2) is 9.84 Å². The lowest BCUT2D eigenvalue weighted by molar-refractivity contribution is 0.470. The van der Waals surface area contributed by atoms with Gasteiger partial charge in [-0.2, -0.15) is 0 Å². The SMILES string of the molecule is O=c1[nH]c2ccc(Cl)cc2n1C1CCCS(=O)(=O)C1. The van der Waals surface area contributed by atoms with Gasteiger partial charge in [0.2, 0.25) is 0 Å². The summed E-state index contributed by atoms with van der Waals surface area (Å²) in [5, 5.41) is 0.527. The number of halogens is 1. The fourth-order valence-electron chi connectivity index (χ4n) is 2.66. The number of aromatic amines is 1. The maximum absolute atomic E-state index is 12.0. The second kappa shape index (κ2) is 4.38. The summed E-state index contributed by atoms with van der Waals surface area (Å²) in [6, 6.07) is 4.81. The van der Waals surface area contributed by atoms with Crippen molar-refractivity contribution in [3.63, 3.8) is 0 Å². The molecule has 102 valence electrons. The summed E-state index contributed by atoms with van der Waals surface area (Å²) < 4.78 is 25.0. The second-order valence-electron chi connectivity index (χ2n) is 4.87. The summed E-state index contributed by atoms with van der Waals surface area (Å²) in [7, 11) is -3.06. The van der Waals surface area contributed by atoms with Gasteiger partial charge in [0.1, 0.15) is 0 Å². The zero-order valence-corrected chi connectivity index (χ0v) is 11.7. The normalized spacial score (nSPS) is 22.7. The van der Waals surface area contributed by atoms with Gasteiger partial charge < -0.3 is 4.98 Å². The van der Waals surface area contributed by atoms with Gasteiger partial charge in [0, 0.05) is 5.02 Å². The minimum Gasteiger partial charge on any atom is -0.306 e. The van der Waals surface area contributed by atoms with Crippen LogP contribution in [0.3, 0.4) is 0 Å². The fourth-order valence-corrected chi connectivity index (χ4v) is 4.50. The molecule has 1 aliphatic rings. The Labute approximate surface area is 115 Å². The summed E-state index contributed by atoms with van der Waals surface area (Å²) in [5.74, 6) is 0.230. The molecule has 0 spiro atoms. The Morgan fingerprint density at radius 1 is 1.37 bits per heavy atom. The smallest absolute Gasteiger partial charge is 0.306 e. The number of benzene rings is 1. The largest absolute Gasteiger partial charge is 0.326 e. The Morgan fingerprint density at radius 3 is 2.89 bits per heavy atom. The van der Waals surface area contributed by atoms with Crippen LogP contribution in [0.1, 0.15) is 18.9 Å². The van der Waals surface area contributed by atoms with Crippen LogP contribution in [0.15, 0.2) is 23.0 Å². The van der Waals surface area contributed by atoms with Crippen molar-refractivity contribution in [2.75, 3.05) is 11.5 Å². The summed E-state index contributed by atoms with van der Waals surface area (Å²) in [4.78, 5) is 14.8. The van der Waals surface area contributed by atoms with E-state index in [-0.39, 0.29) is 23.2 Å². The third-order valence-corrected chi connectivity index (χ3v) is 5.52. The molecule has 1 aromatic heterocycles. The lowest BCUT2D eigenvalue weighted by Crippen LogP contribution is -2.32. The van der Waals surface area contributed by atoms with E-state index >= 15 is 0 Å². The van der Waals surface area contributed by atoms with Crippen molar-refractivity contribution >= 4 is 32.5 Å². The summed E-state index contributed by atoms with van der Waals surface area (Å²) >= 11 is 5.95. The van der Waals surface area contributed by atoms with E-state index in [1.807, 2.05) is 0 Å². The molecular weight excluding hydrogens is 288 g/mol. The standard InChI is InChI=1S/C12H13ClN2O3S/c13-8-3-4-10-11(6-8)15(12(16)14-10)9-2-1-5-19(17,18)7-9/h3-4,6,9H,1-2,5,7H2,(H,14,16). The van der Waals surface area contributed by atoms with Crippen LogP contribution in [0.25, 0.3) is 11.0 Å². The molecule has 2 heterocycles. The maximum atomic E-state index is 12.0. The van der Waals surface area contributed by atoms with E-state index < -0.39 is 9.84 Å². The molecule has 0 amide bonds. The third kappa shape index (κ3) is 2.30. The van der Waals surface area contributed by atoms with Crippen LogP contribution in [0.2, 0.25) is 5.02 Å². The molecule has 1 N–H and O–H groups in total. The third-order valence-electron chi connectivity index (χ3n) is 3.48. The second-order valence-corrected chi connectivity index (χ2v) is 7.54. The van der Waals surface area contributed by atoms with Gasteiger partial charge >= 0.3 is 5.69 Å². The monoisotopic (exact) mass is 300 g/mol. The molecule has 1 aliphatic heterocycles. The molecule has 0 saturated carbocycles. The van der Waals surface area contributed by atoms with Gasteiger partial charge in [0.25, 0.3) is 0 Å². The van der Waals surface area contributed by atoms with Crippen molar-refractivity contribution in [1.29, 1.82) is 0 Å². The molecule has 1 fully saturated rings. The van der Waals surface area contributed by atoms with Gasteiger partial charge in [-0.05, 0) is 31.0 Å². The van der Waals surface area contributed by atoms with E-state index in [1.165, 1.54) is 4.57 Å². The number of nitrogens with one attached hydrogen (secondary N) is 1. The quantitative estimate of drug-likeness (QED) is 0.872. The van der Waals surface area contributed by atoms with E-state index in [0.29, 0.717) is 28.9 Å². The molecule has 3 rings (SSSR count). The number of imidazole rings is 1. The van der Waals surface area contributed by atoms with Crippen LogP contribution >= 0.6 is 11.6 Å². The average molecular weight is 301 g/mol. The summed E-state index contributed by atoms with van der Waals surface area (Å²) in [6.45, 7) is 0. The van der Waals surface area contributed by atoms with Crippen molar-refractivity contribution < 1.29 is 8.42 Å². The minimum atomic E-state index is -3.06. The van der Waals surface area contributed by atoms with E-state index in [4.69, 9.17) is 11.6 Å². The van der Waals surface area contributed by atoms with Crippen LogP contribution in [-0.4, -0.2) is 29.5 Å². The van der Waals surface area contributed by atoms with Gasteiger partial charge in [-0.25, -0.2) is 13.2 Å². The summed E-state index contributed by atoms with van der Waals surface area (Å²) in [6.07, 6.45) is 1.28. The van der Waals surface area contributed by atoms with Crippen molar-refractivity contribution in [1.82, 2.24) is 9.55 Å². The van der Waals surface area contributed by atoms with Crippen molar-refractivity contribution in [3.8, 4) is 0 Å². The number of sulfone groups is 1. The van der Waals surface area contributed by atoms with E-state index in [9.17, 15) is 13.2 Å². The Morgan fingerprint density at radius 2 is 2.16 bits per heavy atom. The first kappa shape index (κ1) is 12.7. The summed E-state index contributed by atoms with van der Waals surface area (Å²) in [5.41, 5.74) is 1.07. The van der Waals surface area contributed by atoms with Gasteiger partial charge in [-0.15, -0.1) is 0 Å². The Kier molecular flexibility index (Phi) is 2.94. The van der Waals surface area contributed by atoms with Gasteiger partial charge in [0.05, 0.1) is 28.6 Å². The highest BCUT2D eigenvalue weighted by molar-refractivity contribution is 7.91. The molecule has 5 nitrogen and oxygen atoms in total. The first-order chi connectivity index (χ1) is 8.96. The predicted octanol–water partition coefficient (Wildman–Crippen LogP) is 1.73. The molecule has 2 aromatic rings. The first-order valence-corrected chi connectivity index (χ1v) is 8.26. The number of hydrogen-bond acceptors (Lipinski definition) is 3. The van der Waals surface area contributed by atoms with Crippen LogP contribution in [0.5, 0.6) is 0 Å². The van der Waals surface area contributed by atoms with Crippen LogP contribution in [0.4, 0.5) is 0 Å². The molecule has 1 atom stereocenters. The number of hydrogen-bond donors (Lipinski definition) is 1. The molecule has 7 heteroatoms. The van der Waals surface area contributed by atoms with Gasteiger partial charge in [-0.1, -0.05) is 11.6 Å². The zero-order chi connectivity index (χ0) is 13.6. The Balaban J connectivity index is 2.16. The molecule has 1 aromatic carbocycles. The highest BCUT2D eigenvalue weighted by atomic mass is 35.5. The molecular formula is C12H13ClN2O3S. The number of rotatable bonds is 1. The molecule has 0 bridgehead atoms. The Hall–Kier alpha value is -1.27. The number of nitrogens with zero attached hydrogens (tertiary/aromatic N) is 1. The van der Waals surface area contributed by atoms with Crippen molar-refractivity contribution in [2.24, 2.45) is 0 Å². The Bertz CT molecular complexity index is 791. The average Bonchev–Trinajstić information content (AvgIpc) is 2.63. The molecule has 0 radical (unpaired) electrons. The predicted molar refractivity (Wildman–Crippen MR) is 74.5 cm³/mol. The molecule has 1 saturated heterocycles. The van der Waals surface area contributed by atoms with E-state index in [2.05, 4.69) is 4.98 Å². The fraction of sp³-hybridized carbons (Fsp3) is 0.417. The lowest BCUT2D eigenvalue weighted by Gasteiger charge is -2.23. The maximum Gasteiger partial charge on any atom is 0.326 e. The van der Waals surface area contributed by atoms with E-state index in [1.54, 1.807) is 18.2 Å². The van der Waals surface area contributed by atoms with Crippen molar-refractivity contribution in [2.45, 2.75) is 18.9 Å². The molecule has 19 heavy (non-hydrogen) atoms. The van der Waals surface area contributed by atoms with Crippen molar-refractivity contribution in [3.05, 3.63) is 33.7 Å². The highest BCUT2D eigenvalue weighted by Crippen LogP contribution is 2.26. The highest BCUT2D eigenvalue weighted by Gasteiger charge is 2.28. The molecule has 0 aliphatic carbocycles. The van der Waals surface area contributed by atoms with Crippen LogP contribution < -0.4 is 5.69 Å². The zero-order valence-electron chi connectivity index (χ0n) is 10.1. The van der Waals surface area contributed by atoms with Crippen LogP contribution in [0, 0.1) is 0 Å². The molecule has 1 unspecified atom stereocenters.